The molecule has 0 aliphatic carbocycles. The molecule has 1 atom stereocenters. The number of carbonyl (C=O) groups is 3. The van der Waals surface area contributed by atoms with Crippen LogP contribution >= 0.6 is 0 Å². The zero-order valence-electron chi connectivity index (χ0n) is 45.3. The van der Waals surface area contributed by atoms with Crippen molar-refractivity contribution < 1.29 is 28.6 Å². The number of unbranched alkanes of at least 4 members (excludes halogenated alkanes) is 27. The number of hydrogen-bond acceptors (Lipinski definition) is 6. The van der Waals surface area contributed by atoms with Crippen LogP contribution in [-0.2, 0) is 28.6 Å². The van der Waals surface area contributed by atoms with Crippen molar-refractivity contribution in [1.82, 2.24) is 0 Å². The molecule has 0 saturated carbocycles. The van der Waals surface area contributed by atoms with Crippen molar-refractivity contribution in [2.45, 2.75) is 284 Å². The van der Waals surface area contributed by atoms with Gasteiger partial charge in [0, 0.05) is 19.3 Å². The van der Waals surface area contributed by atoms with E-state index in [0.717, 1.165) is 96.3 Å². The van der Waals surface area contributed by atoms with Gasteiger partial charge in [-0.1, -0.05) is 228 Å². The Morgan fingerprint density at radius 3 is 0.928 bits per heavy atom. The van der Waals surface area contributed by atoms with Gasteiger partial charge in [0.2, 0.25) is 0 Å². The molecule has 6 nitrogen and oxygen atoms in total. The lowest BCUT2D eigenvalue weighted by molar-refractivity contribution is -0.167. The van der Waals surface area contributed by atoms with Crippen molar-refractivity contribution in [2.75, 3.05) is 13.2 Å². The Kier molecular flexibility index (Phi) is 54.3. The Bertz CT molecular complexity index is 1330. The van der Waals surface area contributed by atoms with Crippen LogP contribution in [0.3, 0.4) is 0 Å². The molecule has 0 aromatic carbocycles. The maximum Gasteiger partial charge on any atom is 0.306 e. The second-order valence-electron chi connectivity index (χ2n) is 19.2. The maximum atomic E-state index is 12.9. The molecule has 6 heteroatoms. The first-order valence-electron chi connectivity index (χ1n) is 29.1. The molecule has 0 rings (SSSR count). The highest BCUT2D eigenvalue weighted by molar-refractivity contribution is 5.71. The van der Waals surface area contributed by atoms with E-state index in [4.69, 9.17) is 14.2 Å². The number of rotatable bonds is 52. The molecule has 0 aliphatic heterocycles. The first-order chi connectivity index (χ1) is 34.0. The van der Waals surface area contributed by atoms with E-state index in [1.807, 2.05) is 0 Å². The highest BCUT2D eigenvalue weighted by Crippen LogP contribution is 2.15. The summed E-state index contributed by atoms with van der Waals surface area (Å²) in [5.74, 6) is -0.926. The quantitative estimate of drug-likeness (QED) is 0.0262. The first kappa shape index (κ1) is 65.6. The molecular weight excluding hydrogens is 853 g/mol. The molecule has 396 valence electrons. The molecule has 0 aliphatic rings. The van der Waals surface area contributed by atoms with Crippen LogP contribution in [-0.4, -0.2) is 37.2 Å². The van der Waals surface area contributed by atoms with Crippen LogP contribution < -0.4 is 0 Å². The van der Waals surface area contributed by atoms with Gasteiger partial charge in [0.15, 0.2) is 6.10 Å². The van der Waals surface area contributed by atoms with Crippen LogP contribution in [0.25, 0.3) is 0 Å². The van der Waals surface area contributed by atoms with E-state index in [-0.39, 0.29) is 31.1 Å². The van der Waals surface area contributed by atoms with Crippen LogP contribution in [0.5, 0.6) is 0 Å². The number of esters is 3. The Morgan fingerprint density at radius 2 is 0.565 bits per heavy atom. The second kappa shape index (κ2) is 57.2. The standard InChI is InChI=1S/C63H108O6/c1-4-7-10-13-16-19-22-25-28-30-31-33-36-38-41-44-47-50-53-56-62(65)68-59-60(69-63(66)57-54-51-48-45-42-39-34-27-24-21-18-15-12-9-6-3)58-67-61(64)55-52-49-46-43-40-37-35-32-29-26-23-20-17-14-11-8-5-2/h7,10,16,19,21,24-26,28-29,31,33,38,41,60H,4-6,8-9,11-15,17-18,20,22-23,27,30,32,34-37,39-40,42-59H2,1-3H3/b10-7-,19-16-,24-21-,28-25-,29-26-,33-31-,41-38-/t60-/m0/s1. The summed E-state index contributed by atoms with van der Waals surface area (Å²) in [5, 5.41) is 0. The van der Waals surface area contributed by atoms with Gasteiger partial charge in [-0.15, -0.1) is 0 Å². The van der Waals surface area contributed by atoms with E-state index in [2.05, 4.69) is 106 Å². The predicted octanol–water partition coefficient (Wildman–Crippen LogP) is 19.5. The maximum absolute atomic E-state index is 12.9. The van der Waals surface area contributed by atoms with Crippen molar-refractivity contribution in [3.63, 3.8) is 0 Å². The second-order valence-corrected chi connectivity index (χ2v) is 19.2. The molecule has 0 amide bonds. The highest BCUT2D eigenvalue weighted by atomic mass is 16.6. The molecule has 0 fully saturated rings. The van der Waals surface area contributed by atoms with Gasteiger partial charge in [0.05, 0.1) is 0 Å². The van der Waals surface area contributed by atoms with Gasteiger partial charge in [-0.25, -0.2) is 0 Å². The first-order valence-corrected chi connectivity index (χ1v) is 29.1. The molecular formula is C63H108O6. The van der Waals surface area contributed by atoms with Crippen molar-refractivity contribution >= 4 is 17.9 Å². The van der Waals surface area contributed by atoms with Crippen LogP contribution in [0.2, 0.25) is 0 Å². The van der Waals surface area contributed by atoms with E-state index < -0.39 is 6.10 Å². The largest absolute Gasteiger partial charge is 0.462 e. The number of allylic oxidation sites excluding steroid dienone is 14. The highest BCUT2D eigenvalue weighted by Gasteiger charge is 2.19. The Balaban J connectivity index is 4.45. The lowest BCUT2D eigenvalue weighted by Crippen LogP contribution is -2.30. The average molecular weight is 962 g/mol. The average Bonchev–Trinajstić information content (AvgIpc) is 3.35. The molecule has 0 heterocycles. The van der Waals surface area contributed by atoms with Gasteiger partial charge in [-0.2, -0.15) is 0 Å². The summed E-state index contributed by atoms with van der Waals surface area (Å²) in [7, 11) is 0. The lowest BCUT2D eigenvalue weighted by atomic mass is 10.1. The van der Waals surface area contributed by atoms with Crippen molar-refractivity contribution in [3.05, 3.63) is 85.1 Å². The van der Waals surface area contributed by atoms with Crippen LogP contribution in [0.15, 0.2) is 85.1 Å². The van der Waals surface area contributed by atoms with Gasteiger partial charge in [0.25, 0.3) is 0 Å². The SMILES string of the molecule is CC/C=C\C/C=C\C/C=C\C/C=C\C/C=C\CCCCCC(=O)OC[C@H](COC(=O)CCCCCCCCC/C=C\CCCCCCCC)OC(=O)CCCCCCCCC/C=C\CCCCCC. The fraction of sp³-hybridized carbons (Fsp3) is 0.730. The number of carbonyl (C=O) groups excluding carboxylic acids is 3. The molecule has 0 unspecified atom stereocenters. The van der Waals surface area contributed by atoms with Gasteiger partial charge >= 0.3 is 17.9 Å². The van der Waals surface area contributed by atoms with E-state index in [1.165, 1.54) is 141 Å². The Morgan fingerprint density at radius 1 is 0.304 bits per heavy atom. The molecule has 0 bridgehead atoms. The summed E-state index contributed by atoms with van der Waals surface area (Å²) in [5.41, 5.74) is 0. The van der Waals surface area contributed by atoms with Crippen molar-refractivity contribution in [2.24, 2.45) is 0 Å². The smallest absolute Gasteiger partial charge is 0.306 e. The molecule has 0 spiro atoms. The molecule has 0 aromatic rings. The Hall–Kier alpha value is -3.41. The van der Waals surface area contributed by atoms with E-state index in [1.54, 1.807) is 0 Å². The van der Waals surface area contributed by atoms with E-state index in [9.17, 15) is 14.4 Å². The molecule has 0 aromatic heterocycles. The van der Waals surface area contributed by atoms with Crippen LogP contribution in [0.1, 0.15) is 278 Å². The normalized spacial score (nSPS) is 12.7. The van der Waals surface area contributed by atoms with Gasteiger partial charge in [-0.3, -0.25) is 14.4 Å². The summed E-state index contributed by atoms with van der Waals surface area (Å²) >= 11 is 0. The fourth-order valence-corrected chi connectivity index (χ4v) is 7.99. The zero-order chi connectivity index (χ0) is 50.0. The fourth-order valence-electron chi connectivity index (χ4n) is 7.99. The van der Waals surface area contributed by atoms with Gasteiger partial charge in [-0.05, 0) is 116 Å². The summed E-state index contributed by atoms with van der Waals surface area (Å²) in [4.78, 5) is 38.2. The summed E-state index contributed by atoms with van der Waals surface area (Å²) < 4.78 is 16.9. The minimum absolute atomic E-state index is 0.0907. The minimum Gasteiger partial charge on any atom is -0.462 e. The third-order valence-corrected chi connectivity index (χ3v) is 12.4. The van der Waals surface area contributed by atoms with Crippen LogP contribution in [0, 0.1) is 0 Å². The zero-order valence-corrected chi connectivity index (χ0v) is 45.3. The molecule has 0 saturated heterocycles. The topological polar surface area (TPSA) is 78.9 Å². The summed E-state index contributed by atoms with van der Waals surface area (Å²) in [6.07, 6.45) is 74.2. The monoisotopic (exact) mass is 961 g/mol. The van der Waals surface area contributed by atoms with Crippen molar-refractivity contribution in [1.29, 1.82) is 0 Å². The Labute approximate surface area is 426 Å². The van der Waals surface area contributed by atoms with Gasteiger partial charge in [0.1, 0.15) is 13.2 Å². The van der Waals surface area contributed by atoms with Gasteiger partial charge < -0.3 is 14.2 Å². The molecule has 69 heavy (non-hydrogen) atoms. The number of ether oxygens (including phenoxy) is 3. The predicted molar refractivity (Wildman–Crippen MR) is 297 cm³/mol. The summed E-state index contributed by atoms with van der Waals surface area (Å²) in [6, 6.07) is 0. The molecule has 0 N–H and O–H groups in total. The third-order valence-electron chi connectivity index (χ3n) is 12.4. The van der Waals surface area contributed by atoms with Crippen molar-refractivity contribution in [3.8, 4) is 0 Å². The molecule has 0 radical (unpaired) electrons. The minimum atomic E-state index is -0.795. The lowest BCUT2D eigenvalue weighted by Gasteiger charge is -2.18. The van der Waals surface area contributed by atoms with E-state index >= 15 is 0 Å². The van der Waals surface area contributed by atoms with E-state index in [0.29, 0.717) is 19.3 Å². The van der Waals surface area contributed by atoms with Crippen LogP contribution in [0.4, 0.5) is 0 Å². The number of hydrogen-bond donors (Lipinski definition) is 0. The third kappa shape index (κ3) is 55.4. The summed E-state index contributed by atoms with van der Waals surface area (Å²) in [6.45, 7) is 6.49.